The molecule has 0 aromatic heterocycles. The third kappa shape index (κ3) is 3.49. The van der Waals surface area contributed by atoms with E-state index in [2.05, 4.69) is 0 Å². The van der Waals surface area contributed by atoms with Gasteiger partial charge in [-0.1, -0.05) is 12.1 Å². The van der Waals surface area contributed by atoms with Crippen LogP contribution in [0.5, 0.6) is 11.5 Å². The number of amides is 1. The molecule has 28 heavy (non-hydrogen) atoms. The number of hydrogen-bond acceptors (Lipinski definition) is 5. The highest BCUT2D eigenvalue weighted by atomic mass is 16.5. The molecule has 0 N–H and O–H groups in total. The van der Waals surface area contributed by atoms with Crippen molar-refractivity contribution in [3.05, 3.63) is 70.9 Å². The van der Waals surface area contributed by atoms with Crippen LogP contribution in [0.4, 0.5) is 5.69 Å². The van der Waals surface area contributed by atoms with Gasteiger partial charge in [-0.15, -0.1) is 0 Å². The lowest BCUT2D eigenvalue weighted by atomic mass is 10.0. The Kier molecular flexibility index (Phi) is 5.49. The maximum atomic E-state index is 13.2. The third-order valence-electron chi connectivity index (χ3n) is 4.52. The highest BCUT2D eigenvalue weighted by Gasteiger charge is 2.37. The molecule has 0 radical (unpaired) electrons. The van der Waals surface area contributed by atoms with Crippen molar-refractivity contribution in [1.29, 1.82) is 0 Å². The van der Waals surface area contributed by atoms with Gasteiger partial charge in [0, 0.05) is 11.4 Å². The number of carbonyl (C=O) groups is 2. The summed E-state index contributed by atoms with van der Waals surface area (Å²) in [5.41, 5.74) is 2.41. The molecule has 1 amide bonds. The maximum absolute atomic E-state index is 13.2. The Balaban J connectivity index is 2.10. The first-order valence-corrected chi connectivity index (χ1v) is 8.64. The molecule has 3 rings (SSSR count). The normalized spacial score (nSPS) is 15.2. The molecule has 1 heterocycles. The minimum absolute atomic E-state index is 0.242. The van der Waals surface area contributed by atoms with Crippen molar-refractivity contribution in [2.45, 2.75) is 6.92 Å². The van der Waals surface area contributed by atoms with Gasteiger partial charge in [0.2, 0.25) is 0 Å². The van der Waals surface area contributed by atoms with Crippen LogP contribution in [0.3, 0.4) is 0 Å². The number of rotatable bonds is 5. The van der Waals surface area contributed by atoms with Crippen molar-refractivity contribution in [3.8, 4) is 11.5 Å². The van der Waals surface area contributed by atoms with Gasteiger partial charge >= 0.3 is 5.97 Å². The van der Waals surface area contributed by atoms with Gasteiger partial charge in [0.15, 0.2) is 0 Å². The Bertz CT molecular complexity index is 973. The molecule has 0 saturated carbocycles. The highest BCUT2D eigenvalue weighted by molar-refractivity contribution is 6.23. The van der Waals surface area contributed by atoms with Crippen molar-refractivity contribution in [2.24, 2.45) is 0 Å². The Morgan fingerprint density at radius 2 is 1.64 bits per heavy atom. The Labute approximate surface area is 163 Å². The minimum atomic E-state index is -0.559. The largest absolute Gasteiger partial charge is 0.497 e. The number of hydrogen-bond donors (Lipinski definition) is 0. The Morgan fingerprint density at radius 3 is 2.25 bits per heavy atom. The van der Waals surface area contributed by atoms with Gasteiger partial charge in [0.1, 0.15) is 11.5 Å². The summed E-state index contributed by atoms with van der Waals surface area (Å²) in [5, 5.41) is 0. The fourth-order valence-electron chi connectivity index (χ4n) is 3.12. The molecule has 6 heteroatoms. The smallest absolute Gasteiger partial charge is 0.340 e. The predicted octanol–water partition coefficient (Wildman–Crippen LogP) is 3.58. The van der Waals surface area contributed by atoms with Crippen LogP contribution in [0, 0.1) is 0 Å². The lowest BCUT2D eigenvalue weighted by Crippen LogP contribution is -2.24. The summed E-state index contributed by atoms with van der Waals surface area (Å²) in [6.07, 6.45) is 1.67. The maximum Gasteiger partial charge on any atom is 0.340 e. The van der Waals surface area contributed by atoms with Gasteiger partial charge in [-0.2, -0.15) is 0 Å². The van der Waals surface area contributed by atoms with Crippen LogP contribution in [0.2, 0.25) is 0 Å². The van der Waals surface area contributed by atoms with Crippen LogP contribution in [0.15, 0.2) is 65.4 Å². The lowest BCUT2D eigenvalue weighted by molar-refractivity contribution is -0.136. The van der Waals surface area contributed by atoms with E-state index in [-0.39, 0.29) is 17.1 Å². The number of carbonyl (C=O) groups excluding carboxylic acids is 2. The van der Waals surface area contributed by atoms with Crippen LogP contribution < -0.4 is 14.4 Å². The average Bonchev–Trinajstić information content (AvgIpc) is 2.97. The number of ether oxygens (including phenoxy) is 3. The molecule has 0 unspecified atom stereocenters. The molecule has 0 saturated heterocycles. The highest BCUT2D eigenvalue weighted by Crippen LogP contribution is 2.36. The van der Waals surface area contributed by atoms with Gasteiger partial charge in [-0.05, 0) is 55.0 Å². The summed E-state index contributed by atoms with van der Waals surface area (Å²) in [5.74, 6) is 0.478. The predicted molar refractivity (Wildman–Crippen MR) is 106 cm³/mol. The molecule has 2 aromatic carbocycles. The Morgan fingerprint density at radius 1 is 0.964 bits per heavy atom. The number of methoxy groups -OCH3 is 3. The summed E-state index contributed by atoms with van der Waals surface area (Å²) in [6.45, 7) is 1.72. The zero-order valence-corrected chi connectivity index (χ0v) is 16.2. The SMILES string of the molecule is COC(=O)C1=C(C)N(c2ccc(OC)cc2)C(=O)/C1=C\c1cccc(OC)c1. The molecule has 2 aromatic rings. The first kappa shape index (κ1) is 19.2. The van der Waals surface area contributed by atoms with E-state index in [1.807, 2.05) is 18.2 Å². The van der Waals surface area contributed by atoms with E-state index in [4.69, 9.17) is 14.2 Å². The average molecular weight is 379 g/mol. The van der Waals surface area contributed by atoms with Gasteiger partial charge in [-0.25, -0.2) is 4.79 Å². The summed E-state index contributed by atoms with van der Waals surface area (Å²) in [4.78, 5) is 27.1. The fraction of sp³-hybridized carbons (Fsp3) is 0.182. The van der Waals surface area contributed by atoms with E-state index >= 15 is 0 Å². The van der Waals surface area contributed by atoms with E-state index in [1.54, 1.807) is 57.6 Å². The van der Waals surface area contributed by atoms with Crippen LogP contribution >= 0.6 is 0 Å². The van der Waals surface area contributed by atoms with E-state index in [9.17, 15) is 9.59 Å². The zero-order valence-electron chi connectivity index (χ0n) is 16.2. The molecule has 0 bridgehead atoms. The van der Waals surface area contributed by atoms with Crippen molar-refractivity contribution >= 4 is 23.6 Å². The van der Waals surface area contributed by atoms with Crippen LogP contribution in [0.1, 0.15) is 12.5 Å². The molecule has 144 valence electrons. The monoisotopic (exact) mass is 379 g/mol. The molecule has 0 aliphatic carbocycles. The number of nitrogens with zero attached hydrogens (tertiary/aromatic N) is 1. The van der Waals surface area contributed by atoms with Crippen LogP contribution in [-0.4, -0.2) is 33.2 Å². The van der Waals surface area contributed by atoms with Crippen molar-refractivity contribution < 1.29 is 23.8 Å². The van der Waals surface area contributed by atoms with Crippen LogP contribution in [0.25, 0.3) is 6.08 Å². The molecular weight excluding hydrogens is 358 g/mol. The summed E-state index contributed by atoms with van der Waals surface area (Å²) >= 11 is 0. The quantitative estimate of drug-likeness (QED) is 0.587. The number of esters is 1. The van der Waals surface area contributed by atoms with E-state index < -0.39 is 5.97 Å². The van der Waals surface area contributed by atoms with Gasteiger partial charge in [0.05, 0.1) is 32.5 Å². The van der Waals surface area contributed by atoms with Crippen molar-refractivity contribution in [3.63, 3.8) is 0 Å². The van der Waals surface area contributed by atoms with Gasteiger partial charge in [-0.3, -0.25) is 9.69 Å². The summed E-state index contributed by atoms with van der Waals surface area (Å²) < 4.78 is 15.3. The molecule has 0 fully saturated rings. The number of benzene rings is 2. The second-order valence-corrected chi connectivity index (χ2v) is 6.13. The second kappa shape index (κ2) is 8.00. The fourth-order valence-corrected chi connectivity index (χ4v) is 3.12. The zero-order chi connectivity index (χ0) is 20.3. The molecule has 0 spiro atoms. The van der Waals surface area contributed by atoms with E-state index in [0.29, 0.717) is 22.9 Å². The molecule has 0 atom stereocenters. The Hall–Kier alpha value is -3.54. The van der Waals surface area contributed by atoms with Crippen molar-refractivity contribution in [2.75, 3.05) is 26.2 Å². The topological polar surface area (TPSA) is 65.1 Å². The molecule has 6 nitrogen and oxygen atoms in total. The van der Waals surface area contributed by atoms with Crippen LogP contribution in [-0.2, 0) is 14.3 Å². The molecule has 1 aliphatic heterocycles. The molecular formula is C22H21NO5. The second-order valence-electron chi connectivity index (χ2n) is 6.13. The summed E-state index contributed by atoms with van der Waals surface area (Å²) in [6, 6.07) is 14.3. The minimum Gasteiger partial charge on any atom is -0.497 e. The van der Waals surface area contributed by atoms with Gasteiger partial charge in [0.25, 0.3) is 5.91 Å². The number of anilines is 1. The first-order valence-electron chi connectivity index (χ1n) is 8.64. The third-order valence-corrected chi connectivity index (χ3v) is 4.52. The van der Waals surface area contributed by atoms with Crippen molar-refractivity contribution in [1.82, 2.24) is 0 Å². The lowest BCUT2D eigenvalue weighted by Gasteiger charge is -2.18. The van der Waals surface area contributed by atoms with E-state index in [1.165, 1.54) is 12.0 Å². The first-order chi connectivity index (χ1) is 13.5. The standard InChI is InChI=1S/C22H21NO5/c1-14-20(22(25)28-4)19(13-15-6-5-7-18(12-15)27-3)21(24)23(14)16-8-10-17(26-2)11-9-16/h5-13H,1-4H3/b19-13-. The number of allylic oxidation sites excluding steroid dienone is 1. The molecule has 1 aliphatic rings. The van der Waals surface area contributed by atoms with E-state index in [0.717, 1.165) is 5.56 Å². The summed E-state index contributed by atoms with van der Waals surface area (Å²) in [7, 11) is 4.44. The van der Waals surface area contributed by atoms with Gasteiger partial charge < -0.3 is 14.2 Å².